The van der Waals surface area contributed by atoms with Crippen molar-refractivity contribution in [3.63, 3.8) is 0 Å². The predicted octanol–water partition coefficient (Wildman–Crippen LogP) is 1.69. The molecule has 3 rings (SSSR count). The Kier molecular flexibility index (Phi) is 4.68. The van der Waals surface area contributed by atoms with Gasteiger partial charge in [-0.25, -0.2) is 13.4 Å². The molecule has 1 atom stereocenters. The van der Waals surface area contributed by atoms with Gasteiger partial charge in [-0.3, -0.25) is 4.90 Å². The van der Waals surface area contributed by atoms with Crippen LogP contribution in [0.1, 0.15) is 31.7 Å². The van der Waals surface area contributed by atoms with E-state index < -0.39 is 9.84 Å². The average Bonchev–Trinajstić information content (AvgIpc) is 3.00. The summed E-state index contributed by atoms with van der Waals surface area (Å²) in [5.74, 6) is 1.33. The van der Waals surface area contributed by atoms with Gasteiger partial charge in [-0.15, -0.1) is 0 Å². The van der Waals surface area contributed by atoms with Gasteiger partial charge in [-0.05, 0) is 44.4 Å². The average molecular weight is 323 g/mol. The van der Waals surface area contributed by atoms with Crippen LogP contribution >= 0.6 is 0 Å². The zero-order valence-electron chi connectivity index (χ0n) is 13.2. The topological polar surface area (TPSA) is 53.5 Å². The van der Waals surface area contributed by atoms with E-state index in [0.29, 0.717) is 6.54 Å². The molecule has 0 spiro atoms. The van der Waals surface area contributed by atoms with Crippen molar-refractivity contribution in [1.82, 2.24) is 9.88 Å². The third-order valence-electron chi connectivity index (χ3n) is 4.80. The summed E-state index contributed by atoms with van der Waals surface area (Å²) in [6.07, 6.45) is 5.17. The number of anilines is 1. The fourth-order valence-electron chi connectivity index (χ4n) is 3.17. The molecule has 2 saturated heterocycles. The van der Waals surface area contributed by atoms with Gasteiger partial charge < -0.3 is 4.90 Å². The number of rotatable bonds is 3. The molecule has 1 aromatic rings. The fraction of sp³-hybridized carbons (Fsp3) is 0.688. The highest BCUT2D eigenvalue weighted by atomic mass is 32.2. The molecule has 0 aliphatic carbocycles. The number of hydrogen-bond donors (Lipinski definition) is 0. The second kappa shape index (κ2) is 6.54. The molecule has 3 heterocycles. The van der Waals surface area contributed by atoms with Gasteiger partial charge in [-0.1, -0.05) is 6.07 Å². The number of sulfone groups is 1. The Morgan fingerprint density at radius 2 is 1.95 bits per heavy atom. The molecular weight excluding hydrogens is 298 g/mol. The van der Waals surface area contributed by atoms with Crippen LogP contribution in [0.5, 0.6) is 0 Å². The van der Waals surface area contributed by atoms with E-state index in [1.54, 1.807) is 0 Å². The van der Waals surface area contributed by atoms with Crippen molar-refractivity contribution in [3.8, 4) is 0 Å². The van der Waals surface area contributed by atoms with Crippen LogP contribution in [-0.2, 0) is 16.4 Å². The Bertz CT molecular complexity index is 594. The minimum Gasteiger partial charge on any atom is -0.357 e. The molecule has 0 amide bonds. The lowest BCUT2D eigenvalue weighted by molar-refractivity contribution is 0.283. The molecule has 0 saturated carbocycles. The van der Waals surface area contributed by atoms with Gasteiger partial charge in [0.1, 0.15) is 5.82 Å². The van der Waals surface area contributed by atoms with Gasteiger partial charge in [-0.2, -0.15) is 0 Å². The Labute approximate surface area is 133 Å². The molecular formula is C16H25N3O2S. The lowest BCUT2D eigenvalue weighted by Gasteiger charge is -2.20. The molecule has 0 bridgehead atoms. The summed E-state index contributed by atoms with van der Waals surface area (Å²) in [5, 5.41) is -0.215. The first kappa shape index (κ1) is 15.7. The van der Waals surface area contributed by atoms with Crippen LogP contribution in [0.25, 0.3) is 0 Å². The van der Waals surface area contributed by atoms with Crippen molar-refractivity contribution < 1.29 is 8.42 Å². The molecule has 2 fully saturated rings. The van der Waals surface area contributed by atoms with Gasteiger partial charge in [0, 0.05) is 32.4 Å². The van der Waals surface area contributed by atoms with Crippen LogP contribution in [-0.4, -0.2) is 55.5 Å². The molecule has 1 aromatic heterocycles. The lowest BCUT2D eigenvalue weighted by atomic mass is 10.2. The molecule has 0 aromatic carbocycles. The van der Waals surface area contributed by atoms with Crippen molar-refractivity contribution in [2.75, 3.05) is 36.8 Å². The van der Waals surface area contributed by atoms with Crippen molar-refractivity contribution in [2.45, 2.75) is 38.0 Å². The van der Waals surface area contributed by atoms with Gasteiger partial charge >= 0.3 is 0 Å². The Morgan fingerprint density at radius 1 is 1.18 bits per heavy atom. The summed E-state index contributed by atoms with van der Waals surface area (Å²) in [7, 11) is -2.90. The van der Waals surface area contributed by atoms with Crippen molar-refractivity contribution >= 4 is 15.7 Å². The summed E-state index contributed by atoms with van der Waals surface area (Å²) >= 11 is 0. The molecule has 2 aliphatic rings. The quantitative estimate of drug-likeness (QED) is 0.847. The summed E-state index contributed by atoms with van der Waals surface area (Å²) in [6, 6.07) is 4.22. The molecule has 22 heavy (non-hydrogen) atoms. The van der Waals surface area contributed by atoms with E-state index in [2.05, 4.69) is 26.9 Å². The van der Waals surface area contributed by atoms with Crippen LogP contribution in [0, 0.1) is 0 Å². The van der Waals surface area contributed by atoms with E-state index in [-0.39, 0.29) is 11.0 Å². The molecule has 0 radical (unpaired) electrons. The maximum Gasteiger partial charge on any atom is 0.154 e. The summed E-state index contributed by atoms with van der Waals surface area (Å²) in [5.41, 5.74) is 1.16. The van der Waals surface area contributed by atoms with Crippen molar-refractivity contribution in [1.29, 1.82) is 0 Å². The minimum absolute atomic E-state index is 0.215. The minimum atomic E-state index is -2.90. The Morgan fingerprint density at radius 3 is 2.64 bits per heavy atom. The summed E-state index contributed by atoms with van der Waals surface area (Å²) < 4.78 is 23.9. The van der Waals surface area contributed by atoms with Gasteiger partial charge in [0.2, 0.25) is 0 Å². The standard InChI is InChI=1S/C16H25N3O2S/c1-14-6-9-18(10-11-22(14,20)21)13-15-4-5-16(17-12-15)19-7-2-3-8-19/h4-5,12,14H,2-3,6-11,13H2,1H3/t14-/m1/s1. The number of hydrogen-bond acceptors (Lipinski definition) is 5. The fourth-order valence-corrected chi connectivity index (χ4v) is 4.55. The Balaban J connectivity index is 1.61. The SMILES string of the molecule is C[C@@H]1CCN(Cc2ccc(N3CCCC3)nc2)CCS1(=O)=O. The highest BCUT2D eigenvalue weighted by Crippen LogP contribution is 2.19. The normalized spacial score (nSPS) is 26.0. The molecule has 0 N–H and O–H groups in total. The van der Waals surface area contributed by atoms with Crippen LogP contribution in [0.4, 0.5) is 5.82 Å². The van der Waals surface area contributed by atoms with Gasteiger partial charge in [0.25, 0.3) is 0 Å². The zero-order chi connectivity index (χ0) is 15.6. The number of nitrogens with zero attached hydrogens (tertiary/aromatic N) is 3. The third-order valence-corrected chi connectivity index (χ3v) is 7.02. The number of aromatic nitrogens is 1. The lowest BCUT2D eigenvalue weighted by Crippen LogP contribution is -2.26. The van der Waals surface area contributed by atoms with Gasteiger partial charge in [0.15, 0.2) is 9.84 Å². The maximum absolute atomic E-state index is 11.9. The van der Waals surface area contributed by atoms with E-state index in [4.69, 9.17) is 0 Å². The first-order valence-corrected chi connectivity index (χ1v) is 9.90. The molecule has 2 aliphatic heterocycles. The van der Waals surface area contributed by atoms with Crippen molar-refractivity contribution in [2.24, 2.45) is 0 Å². The zero-order valence-corrected chi connectivity index (χ0v) is 14.1. The first-order chi connectivity index (χ1) is 10.5. The predicted molar refractivity (Wildman–Crippen MR) is 88.8 cm³/mol. The van der Waals surface area contributed by atoms with E-state index >= 15 is 0 Å². The molecule has 5 nitrogen and oxygen atoms in total. The van der Waals surface area contributed by atoms with E-state index in [1.165, 1.54) is 12.8 Å². The van der Waals surface area contributed by atoms with Crippen LogP contribution in [0.2, 0.25) is 0 Å². The summed E-state index contributed by atoms with van der Waals surface area (Å²) in [6.45, 7) is 6.29. The highest BCUT2D eigenvalue weighted by molar-refractivity contribution is 7.92. The highest BCUT2D eigenvalue weighted by Gasteiger charge is 2.26. The largest absolute Gasteiger partial charge is 0.357 e. The van der Waals surface area contributed by atoms with Crippen LogP contribution in [0.3, 0.4) is 0 Å². The smallest absolute Gasteiger partial charge is 0.154 e. The Hall–Kier alpha value is -1.14. The molecule has 6 heteroatoms. The third kappa shape index (κ3) is 3.60. The second-order valence-corrected chi connectivity index (χ2v) is 9.00. The van der Waals surface area contributed by atoms with E-state index in [0.717, 1.165) is 44.0 Å². The molecule has 0 unspecified atom stereocenters. The van der Waals surface area contributed by atoms with Gasteiger partial charge in [0.05, 0.1) is 11.0 Å². The van der Waals surface area contributed by atoms with E-state index in [1.807, 2.05) is 13.1 Å². The van der Waals surface area contributed by atoms with Crippen molar-refractivity contribution in [3.05, 3.63) is 23.9 Å². The monoisotopic (exact) mass is 323 g/mol. The second-order valence-electron chi connectivity index (χ2n) is 6.46. The van der Waals surface area contributed by atoms with Crippen LogP contribution < -0.4 is 4.90 Å². The maximum atomic E-state index is 11.9. The first-order valence-electron chi connectivity index (χ1n) is 8.18. The number of pyridine rings is 1. The van der Waals surface area contributed by atoms with E-state index in [9.17, 15) is 8.42 Å². The summed E-state index contributed by atoms with van der Waals surface area (Å²) in [4.78, 5) is 9.13. The van der Waals surface area contributed by atoms with Crippen LogP contribution in [0.15, 0.2) is 18.3 Å². The molecule has 122 valence electrons.